The minimum atomic E-state index is -0.620. The Bertz CT molecular complexity index is 466. The van der Waals surface area contributed by atoms with Gasteiger partial charge in [-0.05, 0) is 24.3 Å². The van der Waals surface area contributed by atoms with E-state index < -0.39 is 5.60 Å². The summed E-state index contributed by atoms with van der Waals surface area (Å²) < 4.78 is 1.15. The van der Waals surface area contributed by atoms with Gasteiger partial charge in [0.05, 0.1) is 32.3 Å². The summed E-state index contributed by atoms with van der Waals surface area (Å²) in [5.41, 5.74) is 0.527. The molecular weight excluding hydrogens is 397 g/mol. The van der Waals surface area contributed by atoms with E-state index in [1.807, 2.05) is 0 Å². The zero-order valence-electron chi connectivity index (χ0n) is 14.5. The molecule has 1 N–H and O–H groups in total. The fraction of sp³-hybridized carbons (Fsp3) is 0.700. The molecule has 23 heavy (non-hydrogen) atoms. The highest BCUT2D eigenvalue weighted by molar-refractivity contribution is 5.23. The van der Waals surface area contributed by atoms with Crippen molar-refractivity contribution in [3.63, 3.8) is 0 Å². The Kier molecular flexibility index (Phi) is 6.93. The first-order valence-corrected chi connectivity index (χ1v) is 9.24. The van der Waals surface area contributed by atoms with E-state index in [0.29, 0.717) is 5.92 Å². The number of benzene rings is 1. The molecule has 1 unspecified atom stereocenters. The Balaban J connectivity index is 0.00000192. The van der Waals surface area contributed by atoms with Crippen molar-refractivity contribution in [2.75, 3.05) is 26.7 Å². The smallest absolute Gasteiger partial charge is 0.0978 e. The lowest BCUT2D eigenvalue weighted by Gasteiger charge is -2.41. The lowest BCUT2D eigenvalue weighted by molar-refractivity contribution is -0.898. The van der Waals surface area contributed by atoms with Gasteiger partial charge in [0.25, 0.3) is 0 Å². The van der Waals surface area contributed by atoms with Crippen LogP contribution in [0.1, 0.15) is 56.9 Å². The van der Waals surface area contributed by atoms with Gasteiger partial charge in [-0.1, -0.05) is 49.6 Å². The molecule has 1 heterocycles. The van der Waals surface area contributed by atoms with E-state index in [4.69, 9.17) is 0 Å². The van der Waals surface area contributed by atoms with Crippen LogP contribution in [0.15, 0.2) is 30.3 Å². The Hall–Kier alpha value is -0.130. The molecule has 1 aliphatic carbocycles. The topological polar surface area (TPSA) is 20.2 Å². The largest absolute Gasteiger partial charge is 1.00 e. The summed E-state index contributed by atoms with van der Waals surface area (Å²) in [6, 6.07) is 10.5. The van der Waals surface area contributed by atoms with Crippen molar-refractivity contribution >= 4 is 0 Å². The van der Waals surface area contributed by atoms with E-state index in [1.54, 1.807) is 0 Å². The third-order valence-electron chi connectivity index (χ3n) is 6.23. The predicted octanol–water partition coefficient (Wildman–Crippen LogP) is 1.09. The number of quaternary nitrogens is 1. The first kappa shape index (κ1) is 19.2. The van der Waals surface area contributed by atoms with E-state index in [-0.39, 0.29) is 24.0 Å². The maximum absolute atomic E-state index is 11.7. The van der Waals surface area contributed by atoms with E-state index in [9.17, 15) is 5.11 Å². The van der Waals surface area contributed by atoms with E-state index in [2.05, 4.69) is 37.4 Å². The van der Waals surface area contributed by atoms with Gasteiger partial charge in [0.2, 0.25) is 0 Å². The number of hydrogen-bond acceptors (Lipinski definition) is 1. The number of nitrogens with zero attached hydrogens (tertiary/aromatic N) is 1. The van der Waals surface area contributed by atoms with Crippen molar-refractivity contribution in [2.24, 2.45) is 5.92 Å². The SMILES string of the molecule is C[N+]1(CCC(O)(c2ccccc2)C2CCCCC2)CCCC1.[I-]. The second-order valence-electron chi connectivity index (χ2n) is 7.87. The molecule has 1 atom stereocenters. The molecule has 0 radical (unpaired) electrons. The molecule has 1 saturated heterocycles. The maximum atomic E-state index is 11.7. The second-order valence-corrected chi connectivity index (χ2v) is 7.87. The predicted molar refractivity (Wildman–Crippen MR) is 91.6 cm³/mol. The maximum Gasteiger partial charge on any atom is 0.0978 e. The Morgan fingerprint density at radius 1 is 1.00 bits per heavy atom. The van der Waals surface area contributed by atoms with Crippen LogP contribution in [0.4, 0.5) is 0 Å². The van der Waals surface area contributed by atoms with Crippen molar-refractivity contribution in [1.82, 2.24) is 0 Å². The lowest BCUT2D eigenvalue weighted by Crippen LogP contribution is -3.00. The average Bonchev–Trinajstić information content (AvgIpc) is 3.01. The molecule has 1 aromatic rings. The zero-order chi connectivity index (χ0) is 15.5. The van der Waals surface area contributed by atoms with Crippen LogP contribution in [0.5, 0.6) is 0 Å². The molecule has 2 nitrogen and oxygen atoms in total. The van der Waals surface area contributed by atoms with E-state index in [1.165, 1.54) is 58.0 Å². The van der Waals surface area contributed by atoms with Crippen LogP contribution in [0, 0.1) is 5.92 Å². The third-order valence-corrected chi connectivity index (χ3v) is 6.23. The molecule has 2 aliphatic rings. The van der Waals surface area contributed by atoms with Gasteiger partial charge >= 0.3 is 0 Å². The lowest BCUT2D eigenvalue weighted by atomic mass is 9.71. The summed E-state index contributed by atoms with van der Waals surface area (Å²) in [4.78, 5) is 0. The molecular formula is C20H32INO. The summed E-state index contributed by atoms with van der Waals surface area (Å²) in [5.74, 6) is 0.442. The summed E-state index contributed by atoms with van der Waals surface area (Å²) in [6.07, 6.45) is 9.91. The molecule has 1 aliphatic heterocycles. The van der Waals surface area contributed by atoms with Gasteiger partial charge in [-0.25, -0.2) is 0 Å². The third kappa shape index (κ3) is 4.49. The molecule has 2 fully saturated rings. The van der Waals surface area contributed by atoms with Crippen molar-refractivity contribution in [3.8, 4) is 0 Å². The quantitative estimate of drug-likeness (QED) is 0.549. The zero-order valence-corrected chi connectivity index (χ0v) is 16.7. The van der Waals surface area contributed by atoms with E-state index in [0.717, 1.165) is 23.0 Å². The first-order chi connectivity index (χ1) is 10.6. The number of likely N-dealkylation sites (tertiary alicyclic amines) is 1. The summed E-state index contributed by atoms with van der Waals surface area (Å²) in [6.45, 7) is 3.69. The van der Waals surface area contributed by atoms with Gasteiger partial charge in [-0.2, -0.15) is 0 Å². The second kappa shape index (κ2) is 8.30. The molecule has 0 spiro atoms. The van der Waals surface area contributed by atoms with Crippen LogP contribution in [0.25, 0.3) is 0 Å². The average molecular weight is 429 g/mol. The molecule has 130 valence electrons. The molecule has 1 aromatic carbocycles. The van der Waals surface area contributed by atoms with Crippen molar-refractivity contribution in [3.05, 3.63) is 35.9 Å². The Morgan fingerprint density at radius 2 is 1.61 bits per heavy atom. The minimum absolute atomic E-state index is 0. The van der Waals surface area contributed by atoms with Gasteiger partial charge in [0.1, 0.15) is 0 Å². The number of aliphatic hydroxyl groups is 1. The standard InChI is InChI=1S/C20H32NO.HI/c1-21(15-8-9-16-21)17-14-20(22,18-10-4-2-5-11-18)19-12-6-3-7-13-19;/h2,4-5,10-11,19,22H,3,6-9,12-17H2,1H3;1H/q+1;/p-1. The molecule has 3 rings (SSSR count). The monoisotopic (exact) mass is 429 g/mol. The van der Waals surface area contributed by atoms with Crippen LogP contribution in [-0.2, 0) is 5.60 Å². The molecule has 0 aromatic heterocycles. The van der Waals surface area contributed by atoms with Gasteiger partial charge in [-0.15, -0.1) is 0 Å². The molecule has 0 amide bonds. The molecule has 0 bridgehead atoms. The number of halogens is 1. The number of rotatable bonds is 5. The van der Waals surface area contributed by atoms with Crippen molar-refractivity contribution < 1.29 is 33.6 Å². The van der Waals surface area contributed by atoms with Gasteiger partial charge in [0, 0.05) is 19.3 Å². The summed E-state index contributed by atoms with van der Waals surface area (Å²) in [7, 11) is 2.37. The van der Waals surface area contributed by atoms with Gasteiger partial charge in [0.15, 0.2) is 0 Å². The minimum Gasteiger partial charge on any atom is -1.00 e. The van der Waals surface area contributed by atoms with Crippen LogP contribution in [-0.4, -0.2) is 36.3 Å². The van der Waals surface area contributed by atoms with Crippen LogP contribution >= 0.6 is 0 Å². The molecule has 3 heteroatoms. The van der Waals surface area contributed by atoms with Crippen LogP contribution in [0.3, 0.4) is 0 Å². The van der Waals surface area contributed by atoms with Gasteiger partial charge in [-0.3, -0.25) is 0 Å². The highest BCUT2D eigenvalue weighted by Gasteiger charge is 2.41. The fourth-order valence-electron chi connectivity index (χ4n) is 4.65. The van der Waals surface area contributed by atoms with E-state index >= 15 is 0 Å². The number of hydrogen-bond donors (Lipinski definition) is 1. The first-order valence-electron chi connectivity index (χ1n) is 9.24. The van der Waals surface area contributed by atoms with Crippen LogP contribution in [0.2, 0.25) is 0 Å². The molecule has 1 saturated carbocycles. The Labute approximate surface area is 158 Å². The highest BCUT2D eigenvalue weighted by Crippen LogP contribution is 2.42. The van der Waals surface area contributed by atoms with Gasteiger partial charge < -0.3 is 33.6 Å². The normalized spacial score (nSPS) is 23.9. The Morgan fingerprint density at radius 3 is 2.22 bits per heavy atom. The highest BCUT2D eigenvalue weighted by atomic mass is 127. The van der Waals surface area contributed by atoms with Crippen molar-refractivity contribution in [2.45, 2.75) is 57.0 Å². The summed E-state index contributed by atoms with van der Waals surface area (Å²) >= 11 is 0. The summed E-state index contributed by atoms with van der Waals surface area (Å²) in [5, 5.41) is 11.7. The van der Waals surface area contributed by atoms with Crippen molar-refractivity contribution in [1.29, 1.82) is 0 Å². The fourth-order valence-corrected chi connectivity index (χ4v) is 4.65. The van der Waals surface area contributed by atoms with Crippen LogP contribution < -0.4 is 24.0 Å².